The van der Waals surface area contributed by atoms with Gasteiger partial charge in [0.2, 0.25) is 5.78 Å². The number of nitro groups is 1. The number of hydrogen-bond donors (Lipinski definition) is 2. The van der Waals surface area contributed by atoms with Gasteiger partial charge in [-0.2, -0.15) is 5.10 Å². The maximum absolute atomic E-state index is 12.7. The number of ether oxygens (including phenoxy) is 1. The molecule has 0 saturated heterocycles. The molecule has 0 unspecified atom stereocenters. The number of halogens is 1. The van der Waals surface area contributed by atoms with E-state index >= 15 is 0 Å². The van der Waals surface area contributed by atoms with Crippen LogP contribution < -0.4 is 15.9 Å². The van der Waals surface area contributed by atoms with E-state index in [4.69, 9.17) is 10.6 Å². The number of amides is 1. The van der Waals surface area contributed by atoms with Crippen LogP contribution in [-0.2, 0) is 4.79 Å². The average molecular weight is 497 g/mol. The van der Waals surface area contributed by atoms with E-state index in [0.717, 1.165) is 4.47 Å². The quantitative estimate of drug-likeness (QED) is 0.159. The number of Topliss-reactive ketones (excluding diaryl/α,β-unsaturated/α-hetero) is 1. The summed E-state index contributed by atoms with van der Waals surface area (Å²) in [5.41, 5.74) is 1.37. The van der Waals surface area contributed by atoms with E-state index in [-0.39, 0.29) is 23.8 Å². The lowest BCUT2D eigenvalue weighted by atomic mass is 10.0. The summed E-state index contributed by atoms with van der Waals surface area (Å²) in [6.45, 7) is -0.273. The molecule has 0 fully saturated rings. The molecule has 0 heterocycles. The molecule has 0 bridgehead atoms. The summed E-state index contributed by atoms with van der Waals surface area (Å²) in [6.07, 6.45) is 0. The molecule has 1 amide bonds. The zero-order valence-electron chi connectivity index (χ0n) is 16.5. The van der Waals surface area contributed by atoms with E-state index in [1.165, 1.54) is 24.3 Å². The van der Waals surface area contributed by atoms with Crippen molar-refractivity contribution in [1.82, 2.24) is 0 Å². The molecule has 0 spiro atoms. The van der Waals surface area contributed by atoms with E-state index in [1.807, 2.05) is 0 Å². The predicted octanol–water partition coefficient (Wildman–Crippen LogP) is 3.92. The van der Waals surface area contributed by atoms with Crippen molar-refractivity contribution >= 4 is 44.7 Å². The molecule has 0 atom stereocenters. The van der Waals surface area contributed by atoms with Gasteiger partial charge >= 0.3 is 0 Å². The number of ketones is 1. The fourth-order valence-corrected chi connectivity index (χ4v) is 3.15. The first-order valence-electron chi connectivity index (χ1n) is 9.23. The molecule has 0 aliphatic carbocycles. The maximum Gasteiger partial charge on any atom is 0.269 e. The summed E-state index contributed by atoms with van der Waals surface area (Å²) in [5.74, 6) is 5.09. The van der Waals surface area contributed by atoms with Gasteiger partial charge in [-0.3, -0.25) is 19.7 Å². The molecule has 3 aromatic carbocycles. The van der Waals surface area contributed by atoms with E-state index in [9.17, 15) is 19.7 Å². The molecule has 0 radical (unpaired) electrons. The third-order valence-corrected chi connectivity index (χ3v) is 4.78. The molecule has 3 N–H and O–H groups in total. The van der Waals surface area contributed by atoms with Crippen LogP contribution >= 0.6 is 15.9 Å². The van der Waals surface area contributed by atoms with Gasteiger partial charge in [0.05, 0.1) is 4.92 Å². The minimum Gasteiger partial charge on any atom is -0.484 e. The summed E-state index contributed by atoms with van der Waals surface area (Å²) in [5, 5.41) is 16.9. The van der Waals surface area contributed by atoms with Crippen molar-refractivity contribution < 1.29 is 19.2 Å². The Morgan fingerprint density at radius 2 is 1.72 bits per heavy atom. The molecule has 162 valence electrons. The lowest BCUT2D eigenvalue weighted by molar-refractivity contribution is -0.384. The third kappa shape index (κ3) is 5.76. The smallest absolute Gasteiger partial charge is 0.269 e. The lowest BCUT2D eigenvalue weighted by Crippen LogP contribution is -2.20. The molecule has 9 nitrogen and oxygen atoms in total. The first kappa shape index (κ1) is 22.6. The number of benzene rings is 3. The van der Waals surface area contributed by atoms with Gasteiger partial charge in [-0.1, -0.05) is 28.1 Å². The van der Waals surface area contributed by atoms with Crippen molar-refractivity contribution in [3.05, 3.63) is 98.5 Å². The largest absolute Gasteiger partial charge is 0.484 e. The number of anilines is 1. The maximum atomic E-state index is 12.7. The van der Waals surface area contributed by atoms with Crippen LogP contribution in [-0.4, -0.2) is 28.9 Å². The fraction of sp³-hybridized carbons (Fsp3) is 0.0455. The van der Waals surface area contributed by atoms with Crippen molar-refractivity contribution in [2.24, 2.45) is 10.9 Å². The van der Waals surface area contributed by atoms with Crippen LogP contribution in [0.5, 0.6) is 5.75 Å². The van der Waals surface area contributed by atoms with Crippen molar-refractivity contribution in [1.29, 1.82) is 0 Å². The normalized spacial score (nSPS) is 11.0. The SMILES string of the molecule is N/N=C(/C(=O)c1cccc(Br)c1)c1ccc(OCC(=O)Nc2ccc([N+](=O)[O-])cc2)cc1. The van der Waals surface area contributed by atoms with E-state index in [0.29, 0.717) is 22.6 Å². The van der Waals surface area contributed by atoms with Crippen LogP contribution in [0.2, 0.25) is 0 Å². The number of nitrogens with two attached hydrogens (primary N) is 1. The zero-order chi connectivity index (χ0) is 23.1. The molecule has 0 aliphatic heterocycles. The third-order valence-electron chi connectivity index (χ3n) is 4.29. The fourth-order valence-electron chi connectivity index (χ4n) is 2.75. The molecule has 32 heavy (non-hydrogen) atoms. The van der Waals surface area contributed by atoms with Crippen LogP contribution in [0, 0.1) is 10.1 Å². The number of nitrogens with one attached hydrogen (secondary N) is 1. The topological polar surface area (TPSA) is 137 Å². The summed E-state index contributed by atoms with van der Waals surface area (Å²) < 4.78 is 6.21. The van der Waals surface area contributed by atoms with Gasteiger partial charge in [0.1, 0.15) is 11.5 Å². The van der Waals surface area contributed by atoms with E-state index in [1.54, 1.807) is 48.5 Å². The van der Waals surface area contributed by atoms with Crippen molar-refractivity contribution in [2.75, 3.05) is 11.9 Å². The number of hydrogen-bond acceptors (Lipinski definition) is 7. The summed E-state index contributed by atoms with van der Waals surface area (Å²) in [7, 11) is 0. The first-order valence-corrected chi connectivity index (χ1v) is 10.0. The van der Waals surface area contributed by atoms with Crippen molar-refractivity contribution in [2.45, 2.75) is 0 Å². The molecule has 0 aromatic heterocycles. The minimum atomic E-state index is -0.522. The number of rotatable bonds is 8. The van der Waals surface area contributed by atoms with E-state index < -0.39 is 10.8 Å². The Balaban J connectivity index is 1.59. The molecule has 0 aliphatic rings. The molecular weight excluding hydrogens is 480 g/mol. The Morgan fingerprint density at radius 1 is 1.03 bits per heavy atom. The number of hydrazone groups is 1. The second-order valence-corrected chi connectivity index (χ2v) is 7.40. The van der Waals surface area contributed by atoms with Gasteiger partial charge in [0.25, 0.3) is 11.6 Å². The van der Waals surface area contributed by atoms with Gasteiger partial charge in [-0.05, 0) is 48.5 Å². The highest BCUT2D eigenvalue weighted by atomic mass is 79.9. The monoisotopic (exact) mass is 496 g/mol. The molecule has 0 saturated carbocycles. The average Bonchev–Trinajstić information content (AvgIpc) is 2.79. The number of non-ortho nitro benzene ring substituents is 1. The Bertz CT molecular complexity index is 1180. The highest BCUT2D eigenvalue weighted by Crippen LogP contribution is 2.18. The van der Waals surface area contributed by atoms with Gasteiger partial charge < -0.3 is 15.9 Å². The minimum absolute atomic E-state index is 0.0712. The molecule has 3 rings (SSSR count). The summed E-state index contributed by atoms with van der Waals surface area (Å²) in [6, 6.07) is 18.7. The zero-order valence-corrected chi connectivity index (χ0v) is 18.1. The van der Waals surface area contributed by atoms with Crippen LogP contribution in [0.15, 0.2) is 82.4 Å². The van der Waals surface area contributed by atoms with Gasteiger partial charge in [-0.15, -0.1) is 0 Å². The Labute approximate surface area is 191 Å². The van der Waals surface area contributed by atoms with Crippen molar-refractivity contribution in [3.63, 3.8) is 0 Å². The van der Waals surface area contributed by atoms with Gasteiger partial charge in [-0.25, -0.2) is 0 Å². The standard InChI is InChI=1S/C22H17BrN4O5/c23-16-3-1-2-15(12-16)22(29)21(26-24)14-4-10-19(11-5-14)32-13-20(28)25-17-6-8-18(9-7-17)27(30)31/h1-12H,13,24H2,(H,25,28)/b26-21+. The lowest BCUT2D eigenvalue weighted by Gasteiger charge is -2.09. The molecular formula is C22H17BrN4O5. The first-order chi connectivity index (χ1) is 15.4. The number of nitrogens with zero attached hydrogens (tertiary/aromatic N) is 2. The van der Waals surface area contributed by atoms with Gasteiger partial charge in [0, 0.05) is 33.4 Å². The molecule has 3 aromatic rings. The second-order valence-electron chi connectivity index (χ2n) is 6.48. The Morgan fingerprint density at radius 3 is 2.31 bits per heavy atom. The van der Waals surface area contributed by atoms with E-state index in [2.05, 4.69) is 26.3 Å². The highest BCUT2D eigenvalue weighted by Gasteiger charge is 2.17. The number of carbonyl (C=O) groups is 2. The summed E-state index contributed by atoms with van der Waals surface area (Å²) in [4.78, 5) is 34.9. The Kier molecular flexibility index (Phi) is 7.29. The van der Waals surface area contributed by atoms with Crippen LogP contribution in [0.1, 0.15) is 15.9 Å². The van der Waals surface area contributed by atoms with Crippen LogP contribution in [0.4, 0.5) is 11.4 Å². The van der Waals surface area contributed by atoms with Crippen LogP contribution in [0.3, 0.4) is 0 Å². The second kappa shape index (κ2) is 10.3. The van der Waals surface area contributed by atoms with Gasteiger partial charge in [0.15, 0.2) is 6.61 Å². The number of carbonyl (C=O) groups excluding carboxylic acids is 2. The predicted molar refractivity (Wildman–Crippen MR) is 123 cm³/mol. The Hall–Kier alpha value is -4.05. The molecule has 10 heteroatoms. The summed E-state index contributed by atoms with van der Waals surface area (Å²) >= 11 is 3.33. The number of nitro benzene ring substituents is 1. The van der Waals surface area contributed by atoms with Crippen molar-refractivity contribution in [3.8, 4) is 5.75 Å². The van der Waals surface area contributed by atoms with Crippen LogP contribution in [0.25, 0.3) is 0 Å². The highest BCUT2D eigenvalue weighted by molar-refractivity contribution is 9.10.